The average Bonchev–Trinajstić information content (AvgIpc) is 2.82. The minimum atomic E-state index is -4.84. The van der Waals surface area contributed by atoms with E-state index in [1.807, 2.05) is 65.6 Å². The van der Waals surface area contributed by atoms with E-state index in [-0.39, 0.29) is 10.9 Å². The standard InChI is InChI=1S/C25H26F3N3O3S/c26-25(27,28)34-20-14-16-21(17-15-20)35(29,33)30-22-12-7-13-23(24(22)32)31(18-8-3-1-4-9-18)19-10-5-2-6-11-19/h1-6,8-11,14-17,22-24,32H,7,12-13H2,(H2,29,30,33). The number of para-hydroxylation sites is 2. The molecule has 3 N–H and O–H groups in total. The van der Waals surface area contributed by atoms with Crippen LogP contribution in [0.4, 0.5) is 24.5 Å². The van der Waals surface area contributed by atoms with E-state index in [0.717, 1.165) is 42.1 Å². The highest BCUT2D eigenvalue weighted by molar-refractivity contribution is 7.90. The number of anilines is 2. The number of aliphatic hydroxyl groups is 1. The van der Waals surface area contributed by atoms with Gasteiger partial charge in [-0.1, -0.05) is 36.4 Å². The fourth-order valence-corrected chi connectivity index (χ4v) is 5.73. The van der Waals surface area contributed by atoms with Crippen molar-refractivity contribution in [3.8, 4) is 5.75 Å². The van der Waals surface area contributed by atoms with Crippen LogP contribution in [-0.2, 0) is 9.92 Å². The lowest BCUT2D eigenvalue weighted by molar-refractivity contribution is -0.274. The molecule has 186 valence electrons. The van der Waals surface area contributed by atoms with Gasteiger partial charge in [-0.2, -0.15) is 0 Å². The third-order valence-electron chi connectivity index (χ3n) is 5.93. The third-order valence-corrected chi connectivity index (χ3v) is 7.50. The first-order valence-electron chi connectivity index (χ1n) is 11.1. The zero-order chi connectivity index (χ0) is 25.1. The van der Waals surface area contributed by atoms with Gasteiger partial charge in [-0.3, -0.25) is 0 Å². The molecule has 0 saturated heterocycles. The maximum atomic E-state index is 13.2. The smallest absolute Gasteiger partial charge is 0.406 e. The Labute approximate surface area is 202 Å². The summed E-state index contributed by atoms with van der Waals surface area (Å²) in [5, 5.41) is 11.3. The molecule has 0 radical (unpaired) electrons. The van der Waals surface area contributed by atoms with E-state index in [2.05, 4.69) is 9.46 Å². The number of halogens is 3. The quantitative estimate of drug-likeness (QED) is 0.389. The molecular weight excluding hydrogens is 479 g/mol. The first-order chi connectivity index (χ1) is 16.6. The number of aliphatic hydroxyl groups excluding tert-OH is 1. The molecule has 4 rings (SSSR count). The van der Waals surface area contributed by atoms with Gasteiger partial charge in [-0.15, -0.1) is 13.2 Å². The van der Waals surface area contributed by atoms with Crippen LogP contribution in [0.25, 0.3) is 0 Å². The first kappa shape index (κ1) is 25.0. The Bertz CT molecular complexity index is 1170. The van der Waals surface area contributed by atoms with Crippen LogP contribution >= 0.6 is 0 Å². The minimum absolute atomic E-state index is 0.00400. The largest absolute Gasteiger partial charge is 0.573 e. The van der Waals surface area contributed by atoms with Crippen LogP contribution in [0.1, 0.15) is 19.3 Å². The maximum absolute atomic E-state index is 13.2. The third kappa shape index (κ3) is 6.14. The number of nitrogens with one attached hydrogen (secondary N) is 2. The maximum Gasteiger partial charge on any atom is 0.573 e. The van der Waals surface area contributed by atoms with Gasteiger partial charge in [0.1, 0.15) is 15.7 Å². The second-order valence-corrected chi connectivity index (χ2v) is 10.1. The molecule has 6 nitrogen and oxygen atoms in total. The fourth-order valence-electron chi connectivity index (χ4n) is 4.39. The van der Waals surface area contributed by atoms with E-state index in [1.165, 1.54) is 0 Å². The zero-order valence-electron chi connectivity index (χ0n) is 18.7. The van der Waals surface area contributed by atoms with Gasteiger partial charge < -0.3 is 14.7 Å². The van der Waals surface area contributed by atoms with Crippen LogP contribution in [0, 0.1) is 4.78 Å². The Morgan fingerprint density at radius 2 is 1.46 bits per heavy atom. The lowest BCUT2D eigenvalue weighted by Gasteiger charge is -2.43. The Morgan fingerprint density at radius 1 is 0.914 bits per heavy atom. The van der Waals surface area contributed by atoms with Crippen molar-refractivity contribution in [1.82, 2.24) is 4.72 Å². The van der Waals surface area contributed by atoms with Gasteiger partial charge in [0.05, 0.1) is 17.0 Å². The predicted molar refractivity (Wildman–Crippen MR) is 128 cm³/mol. The van der Waals surface area contributed by atoms with Crippen LogP contribution in [-0.4, -0.2) is 33.9 Å². The monoisotopic (exact) mass is 505 g/mol. The molecule has 1 aliphatic rings. The van der Waals surface area contributed by atoms with E-state index < -0.39 is 34.2 Å². The highest BCUT2D eigenvalue weighted by Crippen LogP contribution is 2.35. The number of hydrogen-bond acceptors (Lipinski definition) is 5. The van der Waals surface area contributed by atoms with Crippen molar-refractivity contribution in [1.29, 1.82) is 4.78 Å². The van der Waals surface area contributed by atoms with Gasteiger partial charge >= 0.3 is 6.36 Å². The van der Waals surface area contributed by atoms with Crippen LogP contribution in [0.3, 0.4) is 0 Å². The molecule has 1 fully saturated rings. The van der Waals surface area contributed by atoms with Crippen molar-refractivity contribution >= 4 is 21.3 Å². The molecule has 0 spiro atoms. The molecule has 0 heterocycles. The molecule has 4 atom stereocenters. The van der Waals surface area contributed by atoms with Gasteiger partial charge in [0, 0.05) is 17.4 Å². The highest BCUT2D eigenvalue weighted by Gasteiger charge is 2.38. The molecule has 1 saturated carbocycles. The summed E-state index contributed by atoms with van der Waals surface area (Å²) < 4.78 is 65.4. The number of benzene rings is 3. The van der Waals surface area contributed by atoms with Gasteiger partial charge in [-0.05, 0) is 67.8 Å². The van der Waals surface area contributed by atoms with Gasteiger partial charge in [-0.25, -0.2) is 13.7 Å². The molecular formula is C25H26F3N3O3S. The summed E-state index contributed by atoms with van der Waals surface area (Å²) in [6.45, 7) is 0. The van der Waals surface area contributed by atoms with Crippen molar-refractivity contribution < 1.29 is 27.2 Å². The molecule has 3 aromatic carbocycles. The van der Waals surface area contributed by atoms with Gasteiger partial charge in [0.15, 0.2) is 0 Å². The van der Waals surface area contributed by atoms with Crippen molar-refractivity contribution in [2.75, 3.05) is 4.90 Å². The zero-order valence-corrected chi connectivity index (χ0v) is 19.5. The topological polar surface area (TPSA) is 85.7 Å². The summed E-state index contributed by atoms with van der Waals surface area (Å²) >= 11 is 0. The van der Waals surface area contributed by atoms with Gasteiger partial charge in [0.2, 0.25) is 0 Å². The Hall–Kier alpha value is -3.08. The lowest BCUT2D eigenvalue weighted by atomic mass is 9.87. The van der Waals surface area contributed by atoms with E-state index in [9.17, 15) is 22.5 Å². The summed E-state index contributed by atoms with van der Waals surface area (Å²) in [7, 11) is -3.60. The predicted octanol–water partition coefficient (Wildman–Crippen LogP) is 5.62. The Balaban J connectivity index is 1.55. The molecule has 1 aliphatic carbocycles. The number of hydrogen-bond donors (Lipinski definition) is 3. The minimum Gasteiger partial charge on any atom is -0.406 e. The van der Waals surface area contributed by atoms with E-state index in [1.54, 1.807) is 0 Å². The fraction of sp³-hybridized carbons (Fsp3) is 0.280. The van der Waals surface area contributed by atoms with Crippen molar-refractivity contribution in [2.45, 2.75) is 48.7 Å². The Kier molecular flexibility index (Phi) is 7.34. The number of alkyl halides is 3. The summed E-state index contributed by atoms with van der Waals surface area (Å²) in [5.41, 5.74) is 1.80. The van der Waals surface area contributed by atoms with Crippen molar-refractivity contribution in [3.05, 3.63) is 84.9 Å². The SMILES string of the molecule is N=S(=O)(NC1CCCC(N(c2ccccc2)c2ccccc2)C1O)c1ccc(OC(F)(F)F)cc1. The Morgan fingerprint density at radius 3 is 1.97 bits per heavy atom. The summed E-state index contributed by atoms with van der Waals surface area (Å²) in [4.78, 5) is 2.05. The number of ether oxygens (including phenoxy) is 1. The molecule has 10 heteroatoms. The first-order valence-corrected chi connectivity index (χ1v) is 12.7. The molecule has 0 bridgehead atoms. The molecule has 4 unspecified atom stereocenters. The van der Waals surface area contributed by atoms with E-state index in [0.29, 0.717) is 12.8 Å². The molecule has 0 aromatic heterocycles. The summed E-state index contributed by atoms with van der Waals surface area (Å²) in [5.74, 6) is -0.462. The van der Waals surface area contributed by atoms with Gasteiger partial charge in [0.25, 0.3) is 0 Å². The average molecular weight is 506 g/mol. The lowest BCUT2D eigenvalue weighted by Crippen LogP contribution is -2.55. The summed E-state index contributed by atoms with van der Waals surface area (Å²) in [6, 6.07) is 22.7. The molecule has 0 aliphatic heterocycles. The van der Waals surface area contributed by atoms with Crippen LogP contribution in [0.5, 0.6) is 5.75 Å². The van der Waals surface area contributed by atoms with Crippen LogP contribution in [0.2, 0.25) is 0 Å². The highest BCUT2D eigenvalue weighted by atomic mass is 32.2. The van der Waals surface area contributed by atoms with E-state index >= 15 is 0 Å². The van der Waals surface area contributed by atoms with E-state index in [4.69, 9.17) is 4.78 Å². The molecule has 0 amide bonds. The normalized spacial score (nSPS) is 22.2. The number of rotatable bonds is 7. The van der Waals surface area contributed by atoms with Crippen molar-refractivity contribution in [3.63, 3.8) is 0 Å². The summed E-state index contributed by atoms with van der Waals surface area (Å²) in [6.07, 6.45) is -3.88. The molecule has 3 aromatic rings. The van der Waals surface area contributed by atoms with Crippen LogP contribution < -0.4 is 14.4 Å². The number of nitrogens with zero attached hydrogens (tertiary/aromatic N) is 1. The second kappa shape index (κ2) is 10.3. The second-order valence-electron chi connectivity index (χ2n) is 8.33. The van der Waals surface area contributed by atoms with Crippen LogP contribution in [0.15, 0.2) is 89.8 Å². The van der Waals surface area contributed by atoms with Crippen molar-refractivity contribution in [2.24, 2.45) is 0 Å². The molecule has 35 heavy (non-hydrogen) atoms.